The van der Waals surface area contributed by atoms with Crippen molar-refractivity contribution < 1.29 is 27.4 Å². The van der Waals surface area contributed by atoms with Crippen LogP contribution in [-0.2, 0) is 14.8 Å². The van der Waals surface area contributed by atoms with Gasteiger partial charge in [0.05, 0.1) is 10.5 Å². The zero-order valence-electron chi connectivity index (χ0n) is 16.9. The minimum Gasteiger partial charge on any atom is -0.486 e. The Bertz CT molecular complexity index is 1010. The maximum Gasteiger partial charge on any atom is 0.338 e. The van der Waals surface area contributed by atoms with Gasteiger partial charge in [-0.05, 0) is 57.5 Å². The molecular weight excluding hydrogens is 394 g/mol. The zero-order valence-corrected chi connectivity index (χ0v) is 17.7. The van der Waals surface area contributed by atoms with Crippen LogP contribution < -0.4 is 14.2 Å². The van der Waals surface area contributed by atoms with Crippen molar-refractivity contribution in [1.82, 2.24) is 4.72 Å². The van der Waals surface area contributed by atoms with E-state index in [0.717, 1.165) is 0 Å². The normalized spacial score (nSPS) is 16.3. The third kappa shape index (κ3) is 5.27. The predicted molar refractivity (Wildman–Crippen MR) is 108 cm³/mol. The summed E-state index contributed by atoms with van der Waals surface area (Å²) in [6.45, 7) is 7.21. The van der Waals surface area contributed by atoms with Crippen LogP contribution in [0, 0.1) is 6.92 Å². The van der Waals surface area contributed by atoms with Crippen molar-refractivity contribution in [2.24, 2.45) is 0 Å². The van der Waals surface area contributed by atoms with Crippen molar-refractivity contribution >= 4 is 16.0 Å². The average molecular weight is 419 g/mol. The van der Waals surface area contributed by atoms with Crippen molar-refractivity contribution in [3.05, 3.63) is 53.6 Å². The first-order chi connectivity index (χ1) is 13.5. The van der Waals surface area contributed by atoms with Crippen LogP contribution in [0.5, 0.6) is 11.5 Å². The summed E-state index contributed by atoms with van der Waals surface area (Å²) in [5.41, 5.74) is 0.175. The van der Waals surface area contributed by atoms with Gasteiger partial charge in [-0.2, -0.15) is 0 Å². The number of nitrogens with one attached hydrogen (secondary N) is 1. The van der Waals surface area contributed by atoms with Gasteiger partial charge >= 0.3 is 5.97 Å². The summed E-state index contributed by atoms with van der Waals surface area (Å²) in [6, 6.07) is 11.7. The first-order valence-corrected chi connectivity index (χ1v) is 10.7. The quantitative estimate of drug-likeness (QED) is 0.749. The van der Waals surface area contributed by atoms with Crippen LogP contribution in [0.2, 0.25) is 0 Å². The number of hydrogen-bond acceptors (Lipinski definition) is 6. The summed E-state index contributed by atoms with van der Waals surface area (Å²) in [6.07, 6.45) is -0.441. The Morgan fingerprint density at radius 1 is 1.17 bits per heavy atom. The fourth-order valence-corrected chi connectivity index (χ4v) is 4.29. The summed E-state index contributed by atoms with van der Waals surface area (Å²) in [7, 11) is -3.76. The molecule has 8 heteroatoms. The highest BCUT2D eigenvalue weighted by Crippen LogP contribution is 2.31. The summed E-state index contributed by atoms with van der Waals surface area (Å²) in [4.78, 5) is 12.6. The lowest BCUT2D eigenvalue weighted by Gasteiger charge is -2.26. The Kier molecular flexibility index (Phi) is 5.86. The number of carbonyl (C=O) groups is 1. The van der Waals surface area contributed by atoms with Gasteiger partial charge in [-0.3, -0.25) is 0 Å². The molecule has 1 unspecified atom stereocenters. The molecule has 0 aliphatic carbocycles. The largest absolute Gasteiger partial charge is 0.486 e. The molecule has 0 saturated carbocycles. The molecule has 1 aliphatic heterocycles. The Balaban J connectivity index is 1.70. The van der Waals surface area contributed by atoms with E-state index < -0.39 is 27.6 Å². The Hall–Kier alpha value is -2.58. The number of hydrogen-bond donors (Lipinski definition) is 1. The van der Waals surface area contributed by atoms with Gasteiger partial charge in [-0.25, -0.2) is 17.9 Å². The van der Waals surface area contributed by atoms with Gasteiger partial charge in [0.15, 0.2) is 17.6 Å². The summed E-state index contributed by atoms with van der Waals surface area (Å²) < 4.78 is 44.4. The molecule has 0 aromatic heterocycles. The van der Waals surface area contributed by atoms with Crippen LogP contribution in [0.3, 0.4) is 0 Å². The second kappa shape index (κ2) is 8.04. The van der Waals surface area contributed by atoms with Gasteiger partial charge in [0.2, 0.25) is 10.0 Å². The Morgan fingerprint density at radius 2 is 1.86 bits per heavy atom. The number of sulfonamides is 1. The molecule has 1 N–H and O–H groups in total. The molecule has 0 radical (unpaired) electrons. The molecule has 1 aliphatic rings. The highest BCUT2D eigenvalue weighted by molar-refractivity contribution is 7.89. The molecule has 156 valence electrons. The fourth-order valence-electron chi connectivity index (χ4n) is 2.84. The monoisotopic (exact) mass is 419 g/mol. The first kappa shape index (κ1) is 21.1. The van der Waals surface area contributed by atoms with Crippen molar-refractivity contribution in [2.45, 2.75) is 44.2 Å². The molecule has 1 heterocycles. The van der Waals surface area contributed by atoms with Gasteiger partial charge in [0.1, 0.15) is 13.2 Å². The maximum absolute atomic E-state index is 12.6. The number of rotatable bonds is 5. The van der Waals surface area contributed by atoms with Crippen LogP contribution in [0.4, 0.5) is 0 Å². The number of benzene rings is 2. The van der Waals surface area contributed by atoms with Crippen molar-refractivity contribution in [3.8, 4) is 11.5 Å². The number of aryl methyl sites for hydroxylation is 1. The SMILES string of the molecule is Cc1ccc(S(=O)(=O)NC(C)(C)C)cc1C(=O)OCC1COc2ccccc2O1. The highest BCUT2D eigenvalue weighted by atomic mass is 32.2. The Morgan fingerprint density at radius 3 is 2.55 bits per heavy atom. The molecule has 0 spiro atoms. The van der Waals surface area contributed by atoms with Crippen LogP contribution >= 0.6 is 0 Å². The average Bonchev–Trinajstić information content (AvgIpc) is 2.64. The minimum absolute atomic E-state index is 0.0101. The summed E-state index contributed by atoms with van der Waals surface area (Å²) in [5, 5.41) is 0. The van der Waals surface area contributed by atoms with E-state index in [1.54, 1.807) is 45.9 Å². The standard InChI is InChI=1S/C21H25NO6S/c1-14-9-10-16(29(24,25)22-21(2,3)4)11-17(14)20(23)27-13-15-12-26-18-7-5-6-8-19(18)28-15/h5-11,15,22H,12-13H2,1-4H3. The molecule has 29 heavy (non-hydrogen) atoms. The molecular formula is C21H25NO6S. The highest BCUT2D eigenvalue weighted by Gasteiger charge is 2.25. The lowest BCUT2D eigenvalue weighted by Crippen LogP contribution is -2.40. The van der Waals surface area contributed by atoms with Gasteiger partial charge in [0.25, 0.3) is 0 Å². The molecule has 0 bridgehead atoms. The number of carbonyl (C=O) groups excluding carboxylic acids is 1. The summed E-state index contributed by atoms with van der Waals surface area (Å²) in [5.74, 6) is 0.630. The lowest BCUT2D eigenvalue weighted by atomic mass is 10.1. The molecule has 0 fully saturated rings. The van der Waals surface area contributed by atoms with E-state index in [1.807, 2.05) is 12.1 Å². The lowest BCUT2D eigenvalue weighted by molar-refractivity contribution is 0.0109. The predicted octanol–water partition coefficient (Wildman–Crippen LogP) is 3.07. The van der Waals surface area contributed by atoms with E-state index in [9.17, 15) is 13.2 Å². The second-order valence-electron chi connectivity index (χ2n) is 7.93. The third-order valence-corrected chi connectivity index (χ3v) is 5.90. The Labute approximate surface area is 171 Å². The van der Waals surface area contributed by atoms with Crippen molar-refractivity contribution in [2.75, 3.05) is 13.2 Å². The smallest absolute Gasteiger partial charge is 0.338 e. The van der Waals surface area contributed by atoms with Crippen LogP contribution in [0.15, 0.2) is 47.4 Å². The van der Waals surface area contributed by atoms with E-state index >= 15 is 0 Å². The minimum atomic E-state index is -3.76. The molecule has 1 atom stereocenters. The van der Waals surface area contributed by atoms with E-state index in [-0.39, 0.29) is 23.7 Å². The van der Waals surface area contributed by atoms with Crippen molar-refractivity contribution in [3.63, 3.8) is 0 Å². The topological polar surface area (TPSA) is 90.9 Å². The van der Waals surface area contributed by atoms with Crippen molar-refractivity contribution in [1.29, 1.82) is 0 Å². The second-order valence-corrected chi connectivity index (χ2v) is 9.61. The third-order valence-electron chi connectivity index (χ3n) is 4.15. The van der Waals surface area contributed by atoms with Gasteiger partial charge in [-0.1, -0.05) is 18.2 Å². The number of esters is 1. The van der Waals surface area contributed by atoms with Crippen LogP contribution in [0.25, 0.3) is 0 Å². The fraction of sp³-hybridized carbons (Fsp3) is 0.381. The maximum atomic E-state index is 12.6. The van der Waals surface area contributed by atoms with E-state index in [1.165, 1.54) is 12.1 Å². The first-order valence-electron chi connectivity index (χ1n) is 9.25. The number of para-hydroxylation sites is 2. The van der Waals surface area contributed by atoms with E-state index in [2.05, 4.69) is 4.72 Å². The molecule has 2 aromatic rings. The molecule has 7 nitrogen and oxygen atoms in total. The van der Waals surface area contributed by atoms with Gasteiger partial charge < -0.3 is 14.2 Å². The molecule has 3 rings (SSSR count). The molecule has 0 saturated heterocycles. The number of fused-ring (bicyclic) bond motifs is 1. The van der Waals surface area contributed by atoms with Gasteiger partial charge in [-0.15, -0.1) is 0 Å². The summed E-state index contributed by atoms with van der Waals surface area (Å²) >= 11 is 0. The molecule has 2 aromatic carbocycles. The van der Waals surface area contributed by atoms with Gasteiger partial charge in [0, 0.05) is 5.54 Å². The van der Waals surface area contributed by atoms with Crippen LogP contribution in [-0.4, -0.2) is 39.2 Å². The van der Waals surface area contributed by atoms with E-state index in [4.69, 9.17) is 14.2 Å². The zero-order chi connectivity index (χ0) is 21.2. The van der Waals surface area contributed by atoms with Crippen LogP contribution in [0.1, 0.15) is 36.7 Å². The number of ether oxygens (including phenoxy) is 3. The molecule has 0 amide bonds. The van der Waals surface area contributed by atoms with E-state index in [0.29, 0.717) is 17.1 Å².